The number of hydrogen-bond acceptors (Lipinski definition) is 2. The second-order valence-corrected chi connectivity index (χ2v) is 3.19. The van der Waals surface area contributed by atoms with Crippen LogP contribution in [0.2, 0.25) is 0 Å². The topological polar surface area (TPSA) is 26.3 Å². The van der Waals surface area contributed by atoms with Crippen LogP contribution in [0.1, 0.15) is 33.1 Å². The summed E-state index contributed by atoms with van der Waals surface area (Å²) in [7, 11) is 0. The molecule has 0 amide bonds. The maximum atomic E-state index is 11.1. The summed E-state index contributed by atoms with van der Waals surface area (Å²) in [5, 5.41) is 0. The molecule has 0 N–H and O–H groups in total. The fourth-order valence-corrected chi connectivity index (χ4v) is 1.76. The van der Waals surface area contributed by atoms with Crippen LogP contribution in [-0.2, 0) is 9.53 Å². The number of hydrogen-bond donors (Lipinski definition) is 0. The van der Waals surface area contributed by atoms with Crippen LogP contribution in [0.5, 0.6) is 0 Å². The van der Waals surface area contributed by atoms with Gasteiger partial charge in [0.15, 0.2) is 0 Å². The summed E-state index contributed by atoms with van der Waals surface area (Å²) in [4.78, 5) is 11.1. The fourth-order valence-electron chi connectivity index (χ4n) is 1.76. The third-order valence-corrected chi connectivity index (χ3v) is 2.41. The highest BCUT2D eigenvalue weighted by molar-refractivity contribution is 5.74. The first kappa shape index (κ1) is 8.57. The van der Waals surface area contributed by atoms with E-state index in [0.29, 0.717) is 12.5 Å². The first-order valence-corrected chi connectivity index (χ1v) is 4.46. The van der Waals surface area contributed by atoms with Gasteiger partial charge in [-0.3, -0.25) is 4.79 Å². The molecule has 64 valence electrons. The summed E-state index contributed by atoms with van der Waals surface area (Å²) in [6.07, 6.45) is 3.21. The summed E-state index contributed by atoms with van der Waals surface area (Å²) in [6, 6.07) is 0. The Morgan fingerprint density at radius 3 is 2.82 bits per heavy atom. The standard InChI is InChI=1S/C9H16O2/c1-3-5-7-6-11-9(10)8(7)4-2/h7-8H,3-6H2,1-2H3. The maximum Gasteiger partial charge on any atom is 0.309 e. The number of cyclic esters (lactones) is 1. The van der Waals surface area contributed by atoms with E-state index >= 15 is 0 Å². The number of esters is 1. The van der Waals surface area contributed by atoms with E-state index in [1.54, 1.807) is 0 Å². The van der Waals surface area contributed by atoms with E-state index in [0.717, 1.165) is 19.3 Å². The minimum atomic E-state index is 0.0194. The summed E-state index contributed by atoms with van der Waals surface area (Å²) in [5.41, 5.74) is 0. The molecule has 0 saturated carbocycles. The molecule has 2 heteroatoms. The van der Waals surface area contributed by atoms with E-state index in [2.05, 4.69) is 13.8 Å². The van der Waals surface area contributed by atoms with Gasteiger partial charge in [0.25, 0.3) is 0 Å². The van der Waals surface area contributed by atoms with Crippen LogP contribution in [0, 0.1) is 11.8 Å². The average Bonchev–Trinajstić information content (AvgIpc) is 2.33. The number of ether oxygens (including phenoxy) is 1. The van der Waals surface area contributed by atoms with Crippen LogP contribution in [0.4, 0.5) is 0 Å². The van der Waals surface area contributed by atoms with E-state index in [1.807, 2.05) is 0 Å². The molecule has 1 aliphatic heterocycles. The van der Waals surface area contributed by atoms with Crippen LogP contribution in [0.3, 0.4) is 0 Å². The van der Waals surface area contributed by atoms with E-state index in [-0.39, 0.29) is 11.9 Å². The van der Waals surface area contributed by atoms with Gasteiger partial charge in [0.1, 0.15) is 0 Å². The first-order chi connectivity index (χ1) is 5.29. The van der Waals surface area contributed by atoms with E-state index in [4.69, 9.17) is 4.74 Å². The number of rotatable bonds is 3. The van der Waals surface area contributed by atoms with Crippen LogP contribution in [0.15, 0.2) is 0 Å². The minimum absolute atomic E-state index is 0.0194. The third-order valence-electron chi connectivity index (χ3n) is 2.41. The predicted molar refractivity (Wildman–Crippen MR) is 43.1 cm³/mol. The van der Waals surface area contributed by atoms with Crippen LogP contribution < -0.4 is 0 Å². The summed E-state index contributed by atoms with van der Waals surface area (Å²) in [6.45, 7) is 4.86. The van der Waals surface area contributed by atoms with Gasteiger partial charge >= 0.3 is 5.97 Å². The van der Waals surface area contributed by atoms with E-state index < -0.39 is 0 Å². The molecule has 0 bridgehead atoms. The lowest BCUT2D eigenvalue weighted by Crippen LogP contribution is -2.14. The van der Waals surface area contributed by atoms with Crippen molar-refractivity contribution in [1.82, 2.24) is 0 Å². The maximum absolute atomic E-state index is 11.1. The van der Waals surface area contributed by atoms with Crippen molar-refractivity contribution in [2.75, 3.05) is 6.61 Å². The Hall–Kier alpha value is -0.530. The van der Waals surface area contributed by atoms with Crippen molar-refractivity contribution in [3.63, 3.8) is 0 Å². The van der Waals surface area contributed by atoms with Crippen molar-refractivity contribution in [2.24, 2.45) is 11.8 Å². The molecule has 1 aliphatic rings. The largest absolute Gasteiger partial charge is 0.465 e. The lowest BCUT2D eigenvalue weighted by molar-refractivity contribution is -0.141. The summed E-state index contributed by atoms with van der Waals surface area (Å²) < 4.78 is 4.98. The zero-order valence-corrected chi connectivity index (χ0v) is 7.30. The Kier molecular flexibility index (Phi) is 2.92. The van der Waals surface area contributed by atoms with E-state index in [9.17, 15) is 4.79 Å². The molecule has 1 rings (SSSR count). The number of carbonyl (C=O) groups excluding carboxylic acids is 1. The minimum Gasteiger partial charge on any atom is -0.465 e. The highest BCUT2D eigenvalue weighted by Gasteiger charge is 2.34. The van der Waals surface area contributed by atoms with Gasteiger partial charge in [0.05, 0.1) is 12.5 Å². The van der Waals surface area contributed by atoms with Crippen molar-refractivity contribution >= 4 is 5.97 Å². The molecule has 11 heavy (non-hydrogen) atoms. The fraction of sp³-hybridized carbons (Fsp3) is 0.889. The lowest BCUT2D eigenvalue weighted by atomic mass is 9.89. The molecule has 0 aromatic rings. The van der Waals surface area contributed by atoms with Crippen molar-refractivity contribution in [1.29, 1.82) is 0 Å². The molecule has 0 spiro atoms. The Bertz CT molecular complexity index is 142. The quantitative estimate of drug-likeness (QED) is 0.584. The van der Waals surface area contributed by atoms with Crippen LogP contribution in [-0.4, -0.2) is 12.6 Å². The zero-order valence-electron chi connectivity index (χ0n) is 7.30. The summed E-state index contributed by atoms with van der Waals surface area (Å²) >= 11 is 0. The molecule has 1 saturated heterocycles. The molecule has 2 unspecified atom stereocenters. The van der Waals surface area contributed by atoms with Gasteiger partial charge < -0.3 is 4.74 Å². The number of carbonyl (C=O) groups is 1. The monoisotopic (exact) mass is 156 g/mol. The SMILES string of the molecule is CCCC1COC(=O)C1CC. The van der Waals surface area contributed by atoms with E-state index in [1.165, 1.54) is 0 Å². The highest BCUT2D eigenvalue weighted by Crippen LogP contribution is 2.28. The molecule has 2 atom stereocenters. The Labute approximate surface area is 67.9 Å². The van der Waals surface area contributed by atoms with Gasteiger partial charge in [-0.15, -0.1) is 0 Å². The van der Waals surface area contributed by atoms with Gasteiger partial charge in [-0.2, -0.15) is 0 Å². The molecule has 0 aromatic heterocycles. The lowest BCUT2D eigenvalue weighted by Gasteiger charge is -2.10. The van der Waals surface area contributed by atoms with Gasteiger partial charge in [0, 0.05) is 5.92 Å². The third kappa shape index (κ3) is 1.73. The normalized spacial score (nSPS) is 30.5. The highest BCUT2D eigenvalue weighted by atomic mass is 16.5. The van der Waals surface area contributed by atoms with Crippen LogP contribution in [0.25, 0.3) is 0 Å². The molecular weight excluding hydrogens is 140 g/mol. The molecule has 0 aliphatic carbocycles. The zero-order chi connectivity index (χ0) is 8.27. The summed E-state index contributed by atoms with van der Waals surface area (Å²) in [5.74, 6) is 0.707. The van der Waals surface area contributed by atoms with Gasteiger partial charge in [0.2, 0.25) is 0 Å². The van der Waals surface area contributed by atoms with Crippen molar-refractivity contribution in [3.8, 4) is 0 Å². The average molecular weight is 156 g/mol. The second kappa shape index (κ2) is 3.74. The van der Waals surface area contributed by atoms with Crippen molar-refractivity contribution in [3.05, 3.63) is 0 Å². The second-order valence-electron chi connectivity index (χ2n) is 3.19. The molecule has 0 radical (unpaired) electrons. The van der Waals surface area contributed by atoms with Gasteiger partial charge in [-0.05, 0) is 12.8 Å². The molecule has 1 fully saturated rings. The van der Waals surface area contributed by atoms with Gasteiger partial charge in [-0.25, -0.2) is 0 Å². The Balaban J connectivity index is 2.47. The van der Waals surface area contributed by atoms with Gasteiger partial charge in [-0.1, -0.05) is 20.3 Å². The van der Waals surface area contributed by atoms with Crippen LogP contribution >= 0.6 is 0 Å². The molecular formula is C9H16O2. The Morgan fingerprint density at radius 1 is 1.55 bits per heavy atom. The predicted octanol–water partition coefficient (Wildman–Crippen LogP) is 1.99. The van der Waals surface area contributed by atoms with Crippen molar-refractivity contribution in [2.45, 2.75) is 33.1 Å². The van der Waals surface area contributed by atoms with Crippen molar-refractivity contribution < 1.29 is 9.53 Å². The smallest absolute Gasteiger partial charge is 0.309 e. The first-order valence-electron chi connectivity index (χ1n) is 4.46. The molecule has 0 aromatic carbocycles. The molecule has 2 nitrogen and oxygen atoms in total. The molecule has 1 heterocycles. The Morgan fingerprint density at radius 2 is 2.27 bits per heavy atom.